The molecule has 0 unspecified atom stereocenters. The molecule has 0 aromatic heterocycles. The third kappa shape index (κ3) is 4.56. The Kier molecular flexibility index (Phi) is 6.16. The average Bonchev–Trinajstić information content (AvgIpc) is 2.73. The molecule has 29 heavy (non-hydrogen) atoms. The van der Waals surface area contributed by atoms with Crippen LogP contribution in [0.4, 0.5) is 11.4 Å². The van der Waals surface area contributed by atoms with E-state index < -0.39 is 5.91 Å². The lowest BCUT2D eigenvalue weighted by molar-refractivity contribution is -0.112. The van der Waals surface area contributed by atoms with E-state index in [0.29, 0.717) is 12.3 Å². The van der Waals surface area contributed by atoms with Crippen LogP contribution in [-0.2, 0) is 4.79 Å². The number of hydrogen-bond acceptors (Lipinski definition) is 4. The minimum absolute atomic E-state index is 0.0380. The fraction of sp³-hybridized carbons (Fsp3) is 0.167. The number of hydrogen-bond donors (Lipinski definition) is 1. The van der Waals surface area contributed by atoms with E-state index in [1.807, 2.05) is 92.7 Å². The lowest BCUT2D eigenvalue weighted by Gasteiger charge is -2.13. The number of rotatable bonds is 6. The second kappa shape index (κ2) is 8.94. The molecule has 1 amide bonds. The molecule has 0 saturated heterocycles. The maximum atomic E-state index is 12.6. The summed E-state index contributed by atoms with van der Waals surface area (Å²) in [7, 11) is 3.90. The third-order valence-corrected chi connectivity index (χ3v) is 4.52. The lowest BCUT2D eigenvalue weighted by Crippen LogP contribution is -2.14. The number of nitrogens with one attached hydrogen (secondary N) is 1. The summed E-state index contributed by atoms with van der Waals surface area (Å²) in [5.74, 6) is 0.340. The predicted octanol–water partition coefficient (Wildman–Crippen LogP) is 4.85. The van der Waals surface area contributed by atoms with Crippen LogP contribution in [0.1, 0.15) is 12.5 Å². The predicted molar refractivity (Wildman–Crippen MR) is 118 cm³/mol. The van der Waals surface area contributed by atoms with E-state index in [1.165, 1.54) is 0 Å². The maximum absolute atomic E-state index is 12.6. The molecule has 5 nitrogen and oxygen atoms in total. The lowest BCUT2D eigenvalue weighted by atomic mass is 10.0. The zero-order valence-corrected chi connectivity index (χ0v) is 16.8. The third-order valence-electron chi connectivity index (χ3n) is 4.52. The topological polar surface area (TPSA) is 65.4 Å². The van der Waals surface area contributed by atoms with Gasteiger partial charge in [-0.25, -0.2) is 0 Å². The van der Waals surface area contributed by atoms with Gasteiger partial charge >= 0.3 is 0 Å². The number of nitriles is 1. The smallest absolute Gasteiger partial charge is 0.266 e. The Morgan fingerprint density at radius 3 is 2.38 bits per heavy atom. The molecule has 0 spiro atoms. The first kappa shape index (κ1) is 20.0. The molecule has 0 aliphatic carbocycles. The summed E-state index contributed by atoms with van der Waals surface area (Å²) in [5.41, 5.74) is 2.49. The number of carbonyl (C=O) groups is 1. The summed E-state index contributed by atoms with van der Waals surface area (Å²) >= 11 is 0. The monoisotopic (exact) mass is 385 g/mol. The van der Waals surface area contributed by atoms with Crippen molar-refractivity contribution < 1.29 is 9.53 Å². The quantitative estimate of drug-likeness (QED) is 0.487. The summed E-state index contributed by atoms with van der Waals surface area (Å²) < 4.78 is 5.69. The summed E-state index contributed by atoms with van der Waals surface area (Å²) in [6.07, 6.45) is 1.61. The number of benzene rings is 3. The Balaban J connectivity index is 1.90. The summed E-state index contributed by atoms with van der Waals surface area (Å²) in [6.45, 7) is 2.50. The summed E-state index contributed by atoms with van der Waals surface area (Å²) in [5, 5.41) is 14.2. The minimum Gasteiger partial charge on any atom is -0.493 e. The molecule has 3 aromatic rings. The molecule has 0 aliphatic rings. The van der Waals surface area contributed by atoms with Crippen LogP contribution >= 0.6 is 0 Å². The molecule has 0 radical (unpaired) electrons. The highest BCUT2D eigenvalue weighted by atomic mass is 16.5. The van der Waals surface area contributed by atoms with Gasteiger partial charge in [-0.2, -0.15) is 5.26 Å². The fourth-order valence-corrected chi connectivity index (χ4v) is 3.05. The molecule has 0 fully saturated rings. The number of carbonyl (C=O) groups excluding carboxylic acids is 1. The first-order chi connectivity index (χ1) is 14.0. The zero-order chi connectivity index (χ0) is 20.8. The molecule has 0 heterocycles. The largest absolute Gasteiger partial charge is 0.493 e. The molecule has 3 aromatic carbocycles. The van der Waals surface area contributed by atoms with Gasteiger partial charge in [-0.1, -0.05) is 30.3 Å². The van der Waals surface area contributed by atoms with Crippen molar-refractivity contribution in [3.63, 3.8) is 0 Å². The molecule has 0 bridgehead atoms. The van der Waals surface area contributed by atoms with Crippen LogP contribution in [-0.4, -0.2) is 26.6 Å². The van der Waals surface area contributed by atoms with Gasteiger partial charge in [-0.3, -0.25) is 4.79 Å². The molecule has 3 rings (SSSR count). The van der Waals surface area contributed by atoms with E-state index in [9.17, 15) is 10.1 Å². The van der Waals surface area contributed by atoms with Gasteiger partial charge in [0.05, 0.1) is 6.61 Å². The molecule has 5 heteroatoms. The molecule has 0 aliphatic heterocycles. The standard InChI is InChI=1S/C24H23N3O2/c1-4-29-23-14-9-17(21-7-5-6-8-22(21)23)15-18(16-25)24(28)26-19-10-12-20(13-11-19)27(2)3/h5-15H,4H2,1-3H3,(H,26,28)/b18-15-. The van der Waals surface area contributed by atoms with Crippen molar-refractivity contribution in [3.8, 4) is 11.8 Å². The molecule has 0 saturated carbocycles. The maximum Gasteiger partial charge on any atom is 0.266 e. The zero-order valence-electron chi connectivity index (χ0n) is 16.8. The van der Waals surface area contributed by atoms with Crippen LogP contribution in [0.5, 0.6) is 5.75 Å². The number of fused-ring (bicyclic) bond motifs is 1. The van der Waals surface area contributed by atoms with Crippen LogP contribution in [0.15, 0.2) is 66.2 Å². The van der Waals surface area contributed by atoms with Gasteiger partial charge in [-0.05, 0) is 54.3 Å². The molecule has 146 valence electrons. The van der Waals surface area contributed by atoms with Crippen molar-refractivity contribution in [1.29, 1.82) is 5.26 Å². The number of amides is 1. The van der Waals surface area contributed by atoms with Gasteiger partial charge in [0.2, 0.25) is 0 Å². The highest BCUT2D eigenvalue weighted by Crippen LogP contribution is 2.30. The number of nitrogens with zero attached hydrogens (tertiary/aromatic N) is 2. The SMILES string of the molecule is CCOc1ccc(/C=C(/C#N)C(=O)Nc2ccc(N(C)C)cc2)c2ccccc12. The Morgan fingerprint density at radius 2 is 1.76 bits per heavy atom. The fourth-order valence-electron chi connectivity index (χ4n) is 3.05. The Morgan fingerprint density at radius 1 is 1.07 bits per heavy atom. The summed E-state index contributed by atoms with van der Waals surface area (Å²) in [6, 6.07) is 21.0. The highest BCUT2D eigenvalue weighted by Gasteiger charge is 2.12. The normalized spacial score (nSPS) is 11.0. The van der Waals surface area contributed by atoms with E-state index in [0.717, 1.165) is 27.8 Å². The Hall–Kier alpha value is -3.78. The van der Waals surface area contributed by atoms with Crippen molar-refractivity contribution in [2.24, 2.45) is 0 Å². The van der Waals surface area contributed by atoms with E-state index in [4.69, 9.17) is 4.74 Å². The molecular formula is C24H23N3O2. The first-order valence-electron chi connectivity index (χ1n) is 9.38. The number of ether oxygens (including phenoxy) is 1. The second-order valence-corrected chi connectivity index (χ2v) is 6.70. The summed E-state index contributed by atoms with van der Waals surface area (Å²) in [4.78, 5) is 14.6. The van der Waals surface area contributed by atoms with Crippen LogP contribution < -0.4 is 15.0 Å². The van der Waals surface area contributed by atoms with Gasteiger partial charge in [0.1, 0.15) is 17.4 Å². The molecule has 0 atom stereocenters. The minimum atomic E-state index is -0.442. The van der Waals surface area contributed by atoms with Crippen LogP contribution in [0, 0.1) is 11.3 Å². The van der Waals surface area contributed by atoms with Crippen LogP contribution in [0.2, 0.25) is 0 Å². The molecule has 1 N–H and O–H groups in total. The van der Waals surface area contributed by atoms with Crippen molar-refractivity contribution in [1.82, 2.24) is 0 Å². The first-order valence-corrected chi connectivity index (χ1v) is 9.38. The van der Waals surface area contributed by atoms with Crippen LogP contribution in [0.3, 0.4) is 0 Å². The Labute approximate surface area is 170 Å². The van der Waals surface area contributed by atoms with Gasteiger partial charge in [0.25, 0.3) is 5.91 Å². The van der Waals surface area contributed by atoms with E-state index in [1.54, 1.807) is 6.08 Å². The van der Waals surface area contributed by atoms with Crippen molar-refractivity contribution >= 4 is 34.1 Å². The molecular weight excluding hydrogens is 362 g/mol. The second-order valence-electron chi connectivity index (χ2n) is 6.70. The van der Waals surface area contributed by atoms with Crippen molar-refractivity contribution in [2.45, 2.75) is 6.92 Å². The van der Waals surface area contributed by atoms with E-state index in [-0.39, 0.29) is 5.57 Å². The van der Waals surface area contributed by atoms with E-state index >= 15 is 0 Å². The van der Waals surface area contributed by atoms with E-state index in [2.05, 4.69) is 5.32 Å². The Bertz CT molecular complexity index is 1090. The highest BCUT2D eigenvalue weighted by molar-refractivity contribution is 6.11. The van der Waals surface area contributed by atoms with Crippen LogP contribution in [0.25, 0.3) is 16.8 Å². The van der Waals surface area contributed by atoms with Gasteiger partial charge < -0.3 is 15.0 Å². The number of anilines is 2. The van der Waals surface area contributed by atoms with Crippen molar-refractivity contribution in [2.75, 3.05) is 30.9 Å². The van der Waals surface area contributed by atoms with Crippen molar-refractivity contribution in [3.05, 3.63) is 71.8 Å². The van der Waals surface area contributed by atoms with Gasteiger partial charge in [0.15, 0.2) is 0 Å². The van der Waals surface area contributed by atoms with Gasteiger partial charge in [0, 0.05) is 30.9 Å². The van der Waals surface area contributed by atoms with Gasteiger partial charge in [-0.15, -0.1) is 0 Å². The average molecular weight is 385 g/mol.